The fourth-order valence-electron chi connectivity index (χ4n) is 3.16. The number of ether oxygens (including phenoxy) is 1. The summed E-state index contributed by atoms with van der Waals surface area (Å²) in [7, 11) is 0. The van der Waals surface area contributed by atoms with Gasteiger partial charge in [0.05, 0.1) is 0 Å². The Hall–Kier alpha value is -2.35. The summed E-state index contributed by atoms with van der Waals surface area (Å²) >= 11 is 0. The number of hydrogen-bond donors (Lipinski definition) is 3. The topological polar surface area (TPSA) is 124 Å². The Bertz CT molecular complexity index is 755. The predicted octanol–water partition coefficient (Wildman–Crippen LogP) is 2.13. The highest BCUT2D eigenvalue weighted by Crippen LogP contribution is 2.48. The zero-order chi connectivity index (χ0) is 16.8. The highest BCUT2D eigenvalue weighted by Gasteiger charge is 2.44. The number of carbonyl (C=O) groups is 1. The Morgan fingerprint density at radius 2 is 2.22 bits per heavy atom. The molecule has 1 aliphatic rings. The Labute approximate surface area is 132 Å². The van der Waals surface area contributed by atoms with E-state index in [1.807, 2.05) is 20.8 Å². The lowest BCUT2D eigenvalue weighted by molar-refractivity contribution is -0.0591. The predicted molar refractivity (Wildman–Crippen MR) is 83.4 cm³/mol. The van der Waals surface area contributed by atoms with Crippen LogP contribution in [0.1, 0.15) is 45.1 Å². The molecule has 1 aliphatic heterocycles. The fourth-order valence-corrected chi connectivity index (χ4v) is 3.16. The third-order valence-electron chi connectivity index (χ3n) is 4.24. The van der Waals surface area contributed by atoms with Crippen LogP contribution in [-0.4, -0.2) is 33.2 Å². The van der Waals surface area contributed by atoms with Crippen molar-refractivity contribution in [2.75, 3.05) is 5.32 Å². The molecule has 0 saturated carbocycles. The number of nitrogens with one attached hydrogen (secondary N) is 1. The number of urea groups is 1. The number of rotatable bonds is 3. The normalized spacial score (nSPS) is 22.4. The fraction of sp³-hybridized carbons (Fsp3) is 0.533. The Balaban J connectivity index is 2.26. The van der Waals surface area contributed by atoms with E-state index in [-0.39, 0.29) is 5.92 Å². The molecule has 1 aromatic carbocycles. The van der Waals surface area contributed by atoms with Gasteiger partial charge in [0.1, 0.15) is 28.7 Å². The maximum absolute atomic E-state index is 11.4. The van der Waals surface area contributed by atoms with Crippen molar-refractivity contribution in [3.8, 4) is 5.75 Å². The van der Waals surface area contributed by atoms with E-state index >= 15 is 0 Å². The van der Waals surface area contributed by atoms with Crippen molar-refractivity contribution in [1.29, 1.82) is 0 Å². The molecule has 4 N–H and O–H groups in total. The number of aromatic nitrogens is 2. The molecule has 1 aromatic heterocycles. The van der Waals surface area contributed by atoms with Crippen LogP contribution in [0.5, 0.6) is 5.75 Å². The van der Waals surface area contributed by atoms with E-state index in [4.69, 9.17) is 15.1 Å². The first kappa shape index (κ1) is 15.5. The van der Waals surface area contributed by atoms with Crippen LogP contribution in [0.25, 0.3) is 11.0 Å². The zero-order valence-electron chi connectivity index (χ0n) is 13.3. The summed E-state index contributed by atoms with van der Waals surface area (Å²) in [6.45, 7) is 5.67. The minimum atomic E-state index is -0.814. The molecule has 2 amide bonds. The minimum absolute atomic E-state index is 0.145. The van der Waals surface area contributed by atoms with Crippen LogP contribution in [0.2, 0.25) is 0 Å². The highest BCUT2D eigenvalue weighted by atomic mass is 16.6. The van der Waals surface area contributed by atoms with Crippen LogP contribution in [0.15, 0.2) is 10.7 Å². The van der Waals surface area contributed by atoms with Gasteiger partial charge in [-0.3, -0.25) is 0 Å². The van der Waals surface area contributed by atoms with E-state index in [9.17, 15) is 9.90 Å². The lowest BCUT2D eigenvalue weighted by Gasteiger charge is -2.42. The van der Waals surface area contributed by atoms with Gasteiger partial charge in [0, 0.05) is 11.5 Å². The van der Waals surface area contributed by atoms with Gasteiger partial charge in [-0.2, -0.15) is 0 Å². The first-order valence-corrected chi connectivity index (χ1v) is 7.57. The third-order valence-corrected chi connectivity index (χ3v) is 4.24. The molecule has 2 unspecified atom stereocenters. The van der Waals surface area contributed by atoms with Crippen LogP contribution in [-0.2, 0) is 0 Å². The van der Waals surface area contributed by atoms with Gasteiger partial charge >= 0.3 is 6.03 Å². The van der Waals surface area contributed by atoms with Crippen molar-refractivity contribution in [3.63, 3.8) is 0 Å². The van der Waals surface area contributed by atoms with E-state index in [0.717, 1.165) is 18.4 Å². The molecule has 0 aliphatic carbocycles. The number of benzene rings is 1. The summed E-state index contributed by atoms with van der Waals surface area (Å²) in [4.78, 5) is 11.4. The molecule has 23 heavy (non-hydrogen) atoms. The Morgan fingerprint density at radius 3 is 2.87 bits per heavy atom. The van der Waals surface area contributed by atoms with Gasteiger partial charge in [0.25, 0.3) is 0 Å². The second-order valence-corrected chi connectivity index (χ2v) is 6.34. The van der Waals surface area contributed by atoms with Crippen LogP contribution in [0.3, 0.4) is 0 Å². The second-order valence-electron chi connectivity index (χ2n) is 6.34. The molecule has 0 bridgehead atoms. The molecule has 0 fully saturated rings. The van der Waals surface area contributed by atoms with Gasteiger partial charge in [0.15, 0.2) is 5.52 Å². The number of fused-ring (bicyclic) bond motifs is 2. The number of nitrogens with two attached hydrogens (primary N) is 1. The number of aliphatic hydroxyl groups is 1. The van der Waals surface area contributed by atoms with Gasteiger partial charge in [-0.1, -0.05) is 13.3 Å². The number of nitrogens with zero attached hydrogens (tertiary/aromatic N) is 2. The number of carbonyl (C=O) groups excluding carboxylic acids is 1. The number of hydrogen-bond acceptors (Lipinski definition) is 6. The van der Waals surface area contributed by atoms with Crippen LogP contribution in [0.4, 0.5) is 10.5 Å². The van der Waals surface area contributed by atoms with Gasteiger partial charge in [-0.25, -0.2) is 9.42 Å². The van der Waals surface area contributed by atoms with Crippen molar-refractivity contribution in [3.05, 3.63) is 11.6 Å². The summed E-state index contributed by atoms with van der Waals surface area (Å²) in [6.07, 6.45) is 0.979. The molecular weight excluding hydrogens is 300 g/mol. The smallest absolute Gasteiger partial charge is 0.316 e. The first-order chi connectivity index (χ1) is 10.8. The summed E-state index contributed by atoms with van der Waals surface area (Å²) < 4.78 is 10.8. The number of aliphatic hydroxyl groups excluding tert-OH is 1. The van der Waals surface area contributed by atoms with Crippen molar-refractivity contribution in [1.82, 2.24) is 10.3 Å². The number of amides is 2. The Morgan fingerprint density at radius 1 is 1.48 bits per heavy atom. The average Bonchev–Trinajstić information content (AvgIpc) is 2.93. The number of anilines is 1. The molecule has 8 heteroatoms. The zero-order valence-corrected chi connectivity index (χ0v) is 13.3. The van der Waals surface area contributed by atoms with E-state index in [2.05, 4.69) is 15.6 Å². The van der Waals surface area contributed by atoms with E-state index < -0.39 is 17.7 Å². The minimum Gasteiger partial charge on any atom is -0.483 e. The lowest BCUT2D eigenvalue weighted by atomic mass is 9.78. The highest BCUT2D eigenvalue weighted by molar-refractivity contribution is 6.01. The van der Waals surface area contributed by atoms with Crippen LogP contribution < -0.4 is 15.8 Å². The van der Waals surface area contributed by atoms with Crippen molar-refractivity contribution in [2.45, 2.75) is 51.2 Å². The lowest BCUT2D eigenvalue weighted by Crippen LogP contribution is -2.49. The molecule has 8 nitrogen and oxygen atoms in total. The summed E-state index contributed by atoms with van der Waals surface area (Å²) in [5.74, 6) is 0.314. The van der Waals surface area contributed by atoms with Gasteiger partial charge < -0.3 is 20.9 Å². The van der Waals surface area contributed by atoms with Gasteiger partial charge in [0.2, 0.25) is 0 Å². The monoisotopic (exact) mass is 320 g/mol. The molecule has 2 heterocycles. The summed E-state index contributed by atoms with van der Waals surface area (Å²) in [6, 6.07) is 1.05. The molecule has 0 saturated heterocycles. The molecule has 0 spiro atoms. The van der Waals surface area contributed by atoms with Crippen LogP contribution >= 0.6 is 0 Å². The molecule has 2 atom stereocenters. The van der Waals surface area contributed by atoms with Crippen molar-refractivity contribution in [2.24, 2.45) is 5.73 Å². The number of primary amides is 1. The third kappa shape index (κ3) is 2.48. The largest absolute Gasteiger partial charge is 0.483 e. The SMILES string of the molecule is CCCC1c2cc3nonc3c(NC(N)=O)c2OC(C)(C)C1O. The quantitative estimate of drug-likeness (QED) is 0.796. The standard InChI is InChI=1S/C15H20N4O4/c1-4-5-7-8-6-9-10(19-23-18-9)11(17-14(16)21)12(8)22-15(2,3)13(7)20/h6-7,13,20H,4-5H2,1-3H3,(H3,16,17,21). The Kier molecular flexibility index (Phi) is 3.63. The van der Waals surface area contributed by atoms with Crippen LogP contribution in [0, 0.1) is 0 Å². The van der Waals surface area contributed by atoms with Crippen molar-refractivity contribution < 1.29 is 19.3 Å². The summed E-state index contributed by atoms with van der Waals surface area (Å²) in [5, 5.41) is 20.9. The second kappa shape index (κ2) is 5.38. The molecular formula is C15H20N4O4. The average molecular weight is 320 g/mol. The first-order valence-electron chi connectivity index (χ1n) is 7.57. The molecule has 124 valence electrons. The molecule has 3 rings (SSSR count). The van der Waals surface area contributed by atoms with E-state index in [1.165, 1.54) is 0 Å². The van der Waals surface area contributed by atoms with Gasteiger partial charge in [-0.05, 0) is 36.6 Å². The maximum Gasteiger partial charge on any atom is 0.316 e. The summed E-state index contributed by atoms with van der Waals surface area (Å²) in [5.41, 5.74) is 6.40. The molecule has 2 aromatic rings. The maximum atomic E-state index is 11.4. The van der Waals surface area contributed by atoms with E-state index in [0.29, 0.717) is 22.5 Å². The molecule has 0 radical (unpaired) electrons. The van der Waals surface area contributed by atoms with Gasteiger partial charge in [-0.15, -0.1) is 0 Å². The van der Waals surface area contributed by atoms with E-state index in [1.54, 1.807) is 6.07 Å². The van der Waals surface area contributed by atoms with Crippen molar-refractivity contribution >= 4 is 22.8 Å².